The summed E-state index contributed by atoms with van der Waals surface area (Å²) in [7, 11) is 4.22. The van der Waals surface area contributed by atoms with Gasteiger partial charge < -0.3 is 26.2 Å². The molecule has 3 rings (SSSR count). The molecule has 1 fully saturated rings. The van der Waals surface area contributed by atoms with Crippen molar-refractivity contribution in [2.24, 2.45) is 5.73 Å². The fourth-order valence-electron chi connectivity index (χ4n) is 3.31. The Bertz CT molecular complexity index is 873. The summed E-state index contributed by atoms with van der Waals surface area (Å²) >= 11 is 11.9. The van der Waals surface area contributed by atoms with Crippen molar-refractivity contribution >= 4 is 51.9 Å². The summed E-state index contributed by atoms with van der Waals surface area (Å²) < 4.78 is 0. The molecule has 148 valence electrons. The van der Waals surface area contributed by atoms with E-state index in [-0.39, 0.29) is 0 Å². The molecular weight excluding hydrogens is 394 g/mol. The van der Waals surface area contributed by atoms with Crippen LogP contribution in [0.4, 0.5) is 17.1 Å². The number of hydrogen-bond acceptors (Lipinski definition) is 4. The maximum Gasteiger partial charge on any atom is 0.248 e. The van der Waals surface area contributed by atoms with Crippen molar-refractivity contribution in [2.75, 3.05) is 42.7 Å². The first-order chi connectivity index (χ1) is 13.3. The lowest BCUT2D eigenvalue weighted by Crippen LogP contribution is -2.33. The van der Waals surface area contributed by atoms with Crippen molar-refractivity contribution < 1.29 is 4.79 Å². The predicted molar refractivity (Wildman–Crippen MR) is 121 cm³/mol. The summed E-state index contributed by atoms with van der Waals surface area (Å²) in [5.74, 6) is -0.462. The van der Waals surface area contributed by atoms with Gasteiger partial charge in [-0.25, -0.2) is 0 Å². The molecule has 1 unspecified atom stereocenters. The molecule has 28 heavy (non-hydrogen) atoms. The Labute approximate surface area is 175 Å². The van der Waals surface area contributed by atoms with Gasteiger partial charge in [-0.05, 0) is 74.7 Å². The lowest BCUT2D eigenvalue weighted by molar-refractivity contribution is 0.100. The molecule has 0 spiro atoms. The summed E-state index contributed by atoms with van der Waals surface area (Å²) in [6, 6.07) is 13.1. The molecule has 1 atom stereocenters. The monoisotopic (exact) mass is 417 g/mol. The van der Waals surface area contributed by atoms with Gasteiger partial charge >= 0.3 is 0 Å². The lowest BCUT2D eigenvalue weighted by atomic mass is 10.2. The highest BCUT2D eigenvalue weighted by molar-refractivity contribution is 7.80. The van der Waals surface area contributed by atoms with Crippen LogP contribution in [0.2, 0.25) is 5.02 Å². The molecule has 8 heteroatoms. The molecule has 1 saturated heterocycles. The highest BCUT2D eigenvalue weighted by Crippen LogP contribution is 2.31. The first-order valence-electron chi connectivity index (χ1n) is 9.02. The first-order valence-corrected chi connectivity index (χ1v) is 9.81. The number of likely N-dealkylation sites (N-methyl/N-ethyl adjacent to an activating group) is 2. The number of benzene rings is 2. The van der Waals surface area contributed by atoms with Crippen LogP contribution in [0.25, 0.3) is 0 Å². The lowest BCUT2D eigenvalue weighted by Gasteiger charge is -2.27. The highest BCUT2D eigenvalue weighted by atomic mass is 35.5. The van der Waals surface area contributed by atoms with E-state index in [0.717, 1.165) is 36.6 Å². The maximum atomic E-state index is 11.1. The van der Waals surface area contributed by atoms with E-state index in [1.165, 1.54) is 0 Å². The van der Waals surface area contributed by atoms with Crippen LogP contribution in [-0.4, -0.2) is 49.1 Å². The minimum atomic E-state index is -0.462. The molecule has 1 amide bonds. The van der Waals surface area contributed by atoms with Gasteiger partial charge in [-0.15, -0.1) is 0 Å². The Morgan fingerprint density at radius 3 is 2.43 bits per heavy atom. The average Bonchev–Trinajstić information content (AvgIpc) is 3.08. The Morgan fingerprint density at radius 2 is 1.86 bits per heavy atom. The number of likely N-dealkylation sites (tertiary alicyclic amines) is 1. The third kappa shape index (κ3) is 4.92. The van der Waals surface area contributed by atoms with E-state index >= 15 is 0 Å². The zero-order valence-corrected chi connectivity index (χ0v) is 17.5. The quantitative estimate of drug-likeness (QED) is 0.647. The first kappa shape index (κ1) is 20.4. The van der Waals surface area contributed by atoms with Crippen LogP contribution in [0.1, 0.15) is 16.8 Å². The summed E-state index contributed by atoms with van der Waals surface area (Å²) in [6.07, 6.45) is 1.13. The van der Waals surface area contributed by atoms with Crippen LogP contribution < -0.4 is 21.3 Å². The number of rotatable bonds is 5. The van der Waals surface area contributed by atoms with Crippen LogP contribution in [0.3, 0.4) is 0 Å². The number of nitrogens with zero attached hydrogens (tertiary/aromatic N) is 2. The van der Waals surface area contributed by atoms with Crippen molar-refractivity contribution in [1.29, 1.82) is 0 Å². The molecule has 2 aromatic carbocycles. The van der Waals surface area contributed by atoms with Gasteiger partial charge in [0, 0.05) is 36.6 Å². The molecule has 2 aromatic rings. The van der Waals surface area contributed by atoms with Gasteiger partial charge in [0.15, 0.2) is 5.11 Å². The standard InChI is InChI=1S/C20H24ClN5OS/c1-25-10-9-16(12-25)26(2)18-8-7-15(11-17(18)21)24-20(28)23-14-5-3-13(4-6-14)19(22)27/h3-8,11,16H,9-10,12H2,1-2H3,(H2,22,27)(H2,23,24,28). The van der Waals surface area contributed by atoms with E-state index in [1.54, 1.807) is 24.3 Å². The highest BCUT2D eigenvalue weighted by Gasteiger charge is 2.24. The van der Waals surface area contributed by atoms with E-state index in [9.17, 15) is 4.79 Å². The van der Waals surface area contributed by atoms with E-state index in [0.29, 0.717) is 21.7 Å². The summed E-state index contributed by atoms with van der Waals surface area (Å²) in [6.45, 7) is 2.14. The van der Waals surface area contributed by atoms with Crippen LogP contribution >= 0.6 is 23.8 Å². The maximum absolute atomic E-state index is 11.1. The fourth-order valence-corrected chi connectivity index (χ4v) is 3.86. The Kier molecular flexibility index (Phi) is 6.39. The second-order valence-corrected chi connectivity index (χ2v) is 7.82. The van der Waals surface area contributed by atoms with Crippen molar-refractivity contribution in [3.8, 4) is 0 Å². The molecule has 1 heterocycles. The molecule has 0 aliphatic carbocycles. The van der Waals surface area contributed by atoms with Crippen LogP contribution in [0.5, 0.6) is 0 Å². The van der Waals surface area contributed by atoms with E-state index in [4.69, 9.17) is 29.6 Å². The molecule has 4 N–H and O–H groups in total. The van der Waals surface area contributed by atoms with Crippen molar-refractivity contribution in [3.63, 3.8) is 0 Å². The van der Waals surface area contributed by atoms with Gasteiger partial charge in [0.1, 0.15) is 0 Å². The SMILES string of the molecule is CN1CCC(N(C)c2ccc(NC(=S)Nc3ccc(C(N)=O)cc3)cc2Cl)C1. The summed E-state index contributed by atoms with van der Waals surface area (Å²) in [5, 5.41) is 7.31. The molecule has 0 bridgehead atoms. The smallest absolute Gasteiger partial charge is 0.248 e. The third-order valence-corrected chi connectivity index (χ3v) is 5.43. The molecule has 0 aromatic heterocycles. The Balaban J connectivity index is 1.62. The minimum absolute atomic E-state index is 0.432. The van der Waals surface area contributed by atoms with Crippen molar-refractivity contribution in [2.45, 2.75) is 12.5 Å². The number of amides is 1. The number of nitrogens with two attached hydrogens (primary N) is 1. The third-order valence-electron chi connectivity index (χ3n) is 4.93. The van der Waals surface area contributed by atoms with Gasteiger partial charge in [0.25, 0.3) is 0 Å². The zero-order valence-electron chi connectivity index (χ0n) is 15.9. The van der Waals surface area contributed by atoms with Crippen molar-refractivity contribution in [3.05, 3.63) is 53.1 Å². The topological polar surface area (TPSA) is 73.6 Å². The van der Waals surface area contributed by atoms with Crippen LogP contribution in [-0.2, 0) is 0 Å². The van der Waals surface area contributed by atoms with Gasteiger partial charge in [-0.2, -0.15) is 0 Å². The van der Waals surface area contributed by atoms with E-state index < -0.39 is 5.91 Å². The number of thiocarbonyl (C=S) groups is 1. The fraction of sp³-hybridized carbons (Fsp3) is 0.300. The second kappa shape index (κ2) is 8.77. The van der Waals surface area contributed by atoms with Crippen molar-refractivity contribution in [1.82, 2.24) is 4.90 Å². The molecule has 0 radical (unpaired) electrons. The number of primary amides is 1. The molecule has 0 saturated carbocycles. The number of nitrogens with one attached hydrogen (secondary N) is 2. The predicted octanol–water partition coefficient (Wildman–Crippen LogP) is 3.39. The molecule has 1 aliphatic heterocycles. The van der Waals surface area contributed by atoms with Gasteiger partial charge in [-0.1, -0.05) is 11.6 Å². The number of halogens is 1. The minimum Gasteiger partial charge on any atom is -0.369 e. The normalized spacial score (nSPS) is 16.6. The van der Waals surface area contributed by atoms with Crippen LogP contribution in [0.15, 0.2) is 42.5 Å². The zero-order chi connectivity index (χ0) is 20.3. The number of carbonyl (C=O) groups is 1. The molecule has 1 aliphatic rings. The van der Waals surface area contributed by atoms with E-state index in [1.807, 2.05) is 18.2 Å². The summed E-state index contributed by atoms with van der Waals surface area (Å²) in [5.41, 5.74) is 8.26. The summed E-state index contributed by atoms with van der Waals surface area (Å²) in [4.78, 5) is 15.7. The average molecular weight is 418 g/mol. The Morgan fingerprint density at radius 1 is 1.21 bits per heavy atom. The molecule has 6 nitrogen and oxygen atoms in total. The van der Waals surface area contributed by atoms with Gasteiger partial charge in [-0.3, -0.25) is 4.79 Å². The number of anilines is 3. The largest absolute Gasteiger partial charge is 0.369 e. The number of hydrogen-bond donors (Lipinski definition) is 3. The van der Waals surface area contributed by atoms with Crippen LogP contribution in [0, 0.1) is 0 Å². The van der Waals surface area contributed by atoms with Gasteiger partial charge in [0.2, 0.25) is 5.91 Å². The number of carbonyl (C=O) groups excluding carboxylic acids is 1. The Hall–Kier alpha value is -2.35. The second-order valence-electron chi connectivity index (χ2n) is 7.00. The van der Waals surface area contributed by atoms with Gasteiger partial charge in [0.05, 0.1) is 10.7 Å². The molecular formula is C20H24ClN5OS. The van der Waals surface area contributed by atoms with E-state index in [2.05, 4.69) is 34.5 Å².